The number of nitrogens with zero attached hydrogens (tertiary/aromatic N) is 1. The predicted octanol–water partition coefficient (Wildman–Crippen LogP) is 4.43. The molecule has 4 rings (SSSR count). The van der Waals surface area contributed by atoms with Crippen LogP contribution < -0.4 is 0 Å². The molecule has 1 aromatic heterocycles. The normalized spacial score (nSPS) is 29.9. The Morgan fingerprint density at radius 3 is 2.89 bits per heavy atom. The van der Waals surface area contributed by atoms with E-state index >= 15 is 0 Å². The first-order chi connectivity index (χ1) is 13.1. The number of carbonyl (C=O) groups is 1. The third-order valence-electron chi connectivity index (χ3n) is 6.21. The van der Waals surface area contributed by atoms with Crippen LogP contribution in [0.15, 0.2) is 35.0 Å². The average Bonchev–Trinajstić information content (AvgIpc) is 3.24. The second-order valence-electron chi connectivity index (χ2n) is 7.86. The largest absolute Gasteiger partial charge is 0.492 e. The minimum Gasteiger partial charge on any atom is -0.492 e. The number of hydrogen-bond acceptors (Lipinski definition) is 4. The summed E-state index contributed by atoms with van der Waals surface area (Å²) in [7, 11) is 1.57. The van der Waals surface area contributed by atoms with Gasteiger partial charge >= 0.3 is 5.97 Å². The highest BCUT2D eigenvalue weighted by atomic mass is 16.6. The molecule has 0 bridgehead atoms. The molecule has 3 aliphatic rings. The molecule has 0 aliphatic carbocycles. The molecule has 0 aromatic carbocycles. The first kappa shape index (κ1) is 18.2. The lowest BCUT2D eigenvalue weighted by atomic mass is 9.86. The SMILES string of the molecule is CCCCc1ccc2n1CCCC1O/C(=C3/OC(=O)C(C)=C3OC)[C@H](C)C21. The number of fused-ring (bicyclic) bond motifs is 3. The summed E-state index contributed by atoms with van der Waals surface area (Å²) in [5.74, 6) is 1.82. The molecule has 0 radical (unpaired) electrons. The number of methoxy groups -OCH3 is 1. The number of allylic oxidation sites excluding steroid dienone is 1. The van der Waals surface area contributed by atoms with Gasteiger partial charge in [-0.25, -0.2) is 4.79 Å². The van der Waals surface area contributed by atoms with Crippen molar-refractivity contribution in [3.8, 4) is 0 Å². The molecule has 1 saturated heterocycles. The van der Waals surface area contributed by atoms with Gasteiger partial charge in [0.15, 0.2) is 5.76 Å². The van der Waals surface area contributed by atoms with Crippen LogP contribution in [0.25, 0.3) is 0 Å². The van der Waals surface area contributed by atoms with Crippen molar-refractivity contribution in [1.29, 1.82) is 0 Å². The van der Waals surface area contributed by atoms with Gasteiger partial charge in [0.25, 0.3) is 0 Å². The van der Waals surface area contributed by atoms with E-state index in [2.05, 4.69) is 30.5 Å². The average molecular weight is 371 g/mol. The Hall–Kier alpha value is -2.17. The van der Waals surface area contributed by atoms with E-state index in [4.69, 9.17) is 14.2 Å². The van der Waals surface area contributed by atoms with Gasteiger partial charge in [-0.3, -0.25) is 0 Å². The predicted molar refractivity (Wildman–Crippen MR) is 102 cm³/mol. The lowest BCUT2D eigenvalue weighted by Gasteiger charge is -2.19. The van der Waals surface area contributed by atoms with Crippen molar-refractivity contribution in [3.63, 3.8) is 0 Å². The number of rotatable bonds is 4. The maximum atomic E-state index is 12.0. The molecule has 3 atom stereocenters. The maximum Gasteiger partial charge on any atom is 0.343 e. The van der Waals surface area contributed by atoms with Gasteiger partial charge in [-0.05, 0) is 44.7 Å². The first-order valence-electron chi connectivity index (χ1n) is 10.1. The molecule has 4 heterocycles. The number of carbonyl (C=O) groups excluding carboxylic acids is 1. The van der Waals surface area contributed by atoms with Gasteiger partial charge in [-0.1, -0.05) is 20.3 Å². The van der Waals surface area contributed by atoms with Crippen LogP contribution in [0.1, 0.15) is 63.8 Å². The molecular weight excluding hydrogens is 342 g/mol. The van der Waals surface area contributed by atoms with Gasteiger partial charge in [0.1, 0.15) is 11.9 Å². The Morgan fingerprint density at radius 2 is 2.15 bits per heavy atom. The van der Waals surface area contributed by atoms with E-state index in [0.717, 1.165) is 31.6 Å². The summed E-state index contributed by atoms with van der Waals surface area (Å²) in [6.07, 6.45) is 5.79. The molecule has 5 nitrogen and oxygen atoms in total. The molecule has 3 aliphatic heterocycles. The lowest BCUT2D eigenvalue weighted by molar-refractivity contribution is -0.133. The topological polar surface area (TPSA) is 49.7 Å². The van der Waals surface area contributed by atoms with Crippen molar-refractivity contribution in [2.75, 3.05) is 7.11 Å². The lowest BCUT2D eigenvalue weighted by Crippen LogP contribution is -2.17. The molecule has 27 heavy (non-hydrogen) atoms. The van der Waals surface area contributed by atoms with Crippen molar-refractivity contribution in [3.05, 3.63) is 46.4 Å². The summed E-state index contributed by atoms with van der Waals surface area (Å²) in [6, 6.07) is 4.56. The molecule has 1 aromatic rings. The Kier molecular flexibility index (Phi) is 4.79. The monoisotopic (exact) mass is 371 g/mol. The van der Waals surface area contributed by atoms with E-state index in [1.807, 2.05) is 0 Å². The Morgan fingerprint density at radius 1 is 1.33 bits per heavy atom. The van der Waals surface area contributed by atoms with Gasteiger partial charge < -0.3 is 18.8 Å². The van der Waals surface area contributed by atoms with Crippen molar-refractivity contribution in [2.45, 2.75) is 71.4 Å². The quantitative estimate of drug-likeness (QED) is 0.735. The van der Waals surface area contributed by atoms with Crippen LogP contribution in [-0.2, 0) is 32.0 Å². The first-order valence-corrected chi connectivity index (χ1v) is 10.1. The molecule has 146 valence electrons. The second kappa shape index (κ2) is 7.10. The highest BCUT2D eigenvalue weighted by Gasteiger charge is 2.46. The zero-order chi connectivity index (χ0) is 19.1. The Bertz CT molecular complexity index is 816. The van der Waals surface area contributed by atoms with Gasteiger partial charge in [0, 0.05) is 29.8 Å². The summed E-state index contributed by atoms with van der Waals surface area (Å²) in [5, 5.41) is 0. The van der Waals surface area contributed by atoms with Crippen LogP contribution in [0.5, 0.6) is 0 Å². The third-order valence-corrected chi connectivity index (χ3v) is 6.21. The van der Waals surface area contributed by atoms with Crippen LogP contribution in [0.4, 0.5) is 0 Å². The zero-order valence-corrected chi connectivity index (χ0v) is 16.7. The number of esters is 1. The highest BCUT2D eigenvalue weighted by molar-refractivity contribution is 5.93. The smallest absolute Gasteiger partial charge is 0.343 e. The Labute approximate surface area is 161 Å². The molecule has 2 unspecified atom stereocenters. The zero-order valence-electron chi connectivity index (χ0n) is 16.7. The van der Waals surface area contributed by atoms with Crippen LogP contribution in [0.2, 0.25) is 0 Å². The number of unbranched alkanes of at least 4 members (excludes halogenated alkanes) is 1. The van der Waals surface area contributed by atoms with Crippen molar-refractivity contribution < 1.29 is 19.0 Å². The second-order valence-corrected chi connectivity index (χ2v) is 7.86. The van der Waals surface area contributed by atoms with Crippen molar-refractivity contribution >= 4 is 5.97 Å². The minimum absolute atomic E-state index is 0.121. The minimum atomic E-state index is -0.345. The molecule has 0 saturated carbocycles. The fraction of sp³-hybridized carbons (Fsp3) is 0.591. The maximum absolute atomic E-state index is 12.0. The standard InChI is InChI=1S/C22H29NO4/c1-5-6-8-15-10-11-16-18-13(2)20(26-17(18)9-7-12-23(15)16)21-19(25-4)14(3)22(24)27-21/h10-11,13,17-18H,5-9,12H2,1-4H3/b21-20+/t13-,17?,18?/m1/s1. The molecule has 1 fully saturated rings. The van der Waals surface area contributed by atoms with Crippen LogP contribution in [0.3, 0.4) is 0 Å². The van der Waals surface area contributed by atoms with E-state index < -0.39 is 0 Å². The van der Waals surface area contributed by atoms with Crippen LogP contribution in [0, 0.1) is 5.92 Å². The van der Waals surface area contributed by atoms with Crippen LogP contribution in [-0.4, -0.2) is 23.8 Å². The summed E-state index contributed by atoms with van der Waals surface area (Å²) >= 11 is 0. The van der Waals surface area contributed by atoms with E-state index in [1.165, 1.54) is 24.2 Å². The summed E-state index contributed by atoms with van der Waals surface area (Å²) in [4.78, 5) is 12.0. The number of ether oxygens (including phenoxy) is 3. The fourth-order valence-corrected chi connectivity index (χ4v) is 4.78. The number of hydrogen-bond donors (Lipinski definition) is 0. The fourth-order valence-electron chi connectivity index (χ4n) is 4.78. The van der Waals surface area contributed by atoms with E-state index in [0.29, 0.717) is 17.1 Å². The van der Waals surface area contributed by atoms with E-state index in [9.17, 15) is 4.79 Å². The molecule has 0 N–H and O–H groups in total. The van der Waals surface area contributed by atoms with Crippen molar-refractivity contribution in [2.24, 2.45) is 5.92 Å². The third kappa shape index (κ3) is 2.88. The van der Waals surface area contributed by atoms with Gasteiger partial charge in [-0.15, -0.1) is 0 Å². The number of aryl methyl sites for hydroxylation is 1. The number of cyclic esters (lactones) is 1. The number of aromatic nitrogens is 1. The summed E-state index contributed by atoms with van der Waals surface area (Å²) in [5.41, 5.74) is 3.30. The summed E-state index contributed by atoms with van der Waals surface area (Å²) < 4.78 is 19.9. The molecular formula is C22H29NO4. The van der Waals surface area contributed by atoms with E-state index in [1.54, 1.807) is 14.0 Å². The summed E-state index contributed by atoms with van der Waals surface area (Å²) in [6.45, 7) is 7.21. The van der Waals surface area contributed by atoms with Gasteiger partial charge in [-0.2, -0.15) is 0 Å². The highest BCUT2D eigenvalue weighted by Crippen LogP contribution is 2.49. The van der Waals surface area contributed by atoms with Crippen LogP contribution >= 0.6 is 0 Å². The molecule has 0 amide bonds. The van der Waals surface area contributed by atoms with E-state index in [-0.39, 0.29) is 23.9 Å². The molecule has 5 heteroatoms. The van der Waals surface area contributed by atoms with Crippen molar-refractivity contribution in [1.82, 2.24) is 4.57 Å². The Balaban J connectivity index is 1.72. The van der Waals surface area contributed by atoms with Gasteiger partial charge in [0.05, 0.1) is 12.7 Å². The van der Waals surface area contributed by atoms with Gasteiger partial charge in [0.2, 0.25) is 5.76 Å². The molecule has 0 spiro atoms.